The standard InChI is InChI=1S/C11H15FN4S/c1-8(5-6-17-2)13-11-14-10-4-3-9(12)7-16(10)15-11/h3-4,7-8H,5-6H2,1-2H3,(H,13,15). The molecule has 0 spiro atoms. The summed E-state index contributed by atoms with van der Waals surface area (Å²) in [5.74, 6) is 1.32. The fourth-order valence-corrected chi connectivity index (χ4v) is 2.10. The van der Waals surface area contributed by atoms with Crippen molar-refractivity contribution >= 4 is 23.4 Å². The Morgan fingerprint density at radius 2 is 2.35 bits per heavy atom. The average Bonchev–Trinajstić information content (AvgIpc) is 2.67. The normalized spacial score (nSPS) is 12.9. The minimum absolute atomic E-state index is 0.310. The van der Waals surface area contributed by atoms with Crippen LogP contribution < -0.4 is 5.32 Å². The molecule has 1 unspecified atom stereocenters. The maximum absolute atomic E-state index is 13.0. The van der Waals surface area contributed by atoms with Crippen LogP contribution in [0.5, 0.6) is 0 Å². The Balaban J connectivity index is 2.08. The van der Waals surface area contributed by atoms with E-state index in [0.717, 1.165) is 12.2 Å². The smallest absolute Gasteiger partial charge is 0.243 e. The highest BCUT2D eigenvalue weighted by atomic mass is 32.2. The van der Waals surface area contributed by atoms with E-state index < -0.39 is 0 Å². The predicted octanol–water partition coefficient (Wildman–Crippen LogP) is 2.42. The Bertz CT molecular complexity index is 499. The van der Waals surface area contributed by atoms with Crippen molar-refractivity contribution in [3.05, 3.63) is 24.1 Å². The Morgan fingerprint density at radius 3 is 3.12 bits per heavy atom. The Hall–Kier alpha value is -1.30. The Kier molecular flexibility index (Phi) is 3.83. The van der Waals surface area contributed by atoms with E-state index in [4.69, 9.17) is 0 Å². The SMILES string of the molecule is CSCCC(C)Nc1nc2ccc(F)cn2n1. The van der Waals surface area contributed by atoms with E-state index >= 15 is 0 Å². The van der Waals surface area contributed by atoms with E-state index in [9.17, 15) is 4.39 Å². The first kappa shape index (κ1) is 12.2. The Morgan fingerprint density at radius 1 is 1.53 bits per heavy atom. The molecule has 0 amide bonds. The van der Waals surface area contributed by atoms with Crippen LogP contribution in [0.15, 0.2) is 18.3 Å². The number of aromatic nitrogens is 3. The molecule has 0 aliphatic rings. The zero-order chi connectivity index (χ0) is 12.3. The van der Waals surface area contributed by atoms with Crippen LogP contribution in [-0.4, -0.2) is 32.6 Å². The highest BCUT2D eigenvalue weighted by Crippen LogP contribution is 2.09. The molecule has 92 valence electrons. The molecule has 0 aliphatic carbocycles. The molecule has 17 heavy (non-hydrogen) atoms. The predicted molar refractivity (Wildman–Crippen MR) is 69.0 cm³/mol. The third-order valence-corrected chi connectivity index (χ3v) is 3.07. The third kappa shape index (κ3) is 3.09. The van der Waals surface area contributed by atoms with Gasteiger partial charge in [0.15, 0.2) is 5.65 Å². The van der Waals surface area contributed by atoms with Crippen LogP contribution >= 0.6 is 11.8 Å². The number of hydrogen-bond acceptors (Lipinski definition) is 4. The van der Waals surface area contributed by atoms with Gasteiger partial charge in [0.25, 0.3) is 0 Å². The first-order valence-corrected chi connectivity index (χ1v) is 6.86. The summed E-state index contributed by atoms with van der Waals surface area (Å²) < 4.78 is 14.4. The van der Waals surface area contributed by atoms with Gasteiger partial charge >= 0.3 is 0 Å². The van der Waals surface area contributed by atoms with E-state index in [-0.39, 0.29) is 5.82 Å². The summed E-state index contributed by atoms with van der Waals surface area (Å²) in [5.41, 5.74) is 0.644. The molecule has 6 heteroatoms. The van der Waals surface area contributed by atoms with Crippen molar-refractivity contribution in [1.29, 1.82) is 0 Å². The first-order valence-electron chi connectivity index (χ1n) is 5.46. The molecule has 0 aromatic carbocycles. The van der Waals surface area contributed by atoms with E-state index in [2.05, 4.69) is 28.6 Å². The third-order valence-electron chi connectivity index (χ3n) is 2.43. The summed E-state index contributed by atoms with van der Waals surface area (Å²) in [4.78, 5) is 4.27. The van der Waals surface area contributed by atoms with Crippen molar-refractivity contribution in [1.82, 2.24) is 14.6 Å². The Labute approximate surface area is 104 Å². The molecular formula is C11H15FN4S. The van der Waals surface area contributed by atoms with E-state index in [1.54, 1.807) is 6.07 Å². The fraction of sp³-hybridized carbons (Fsp3) is 0.455. The van der Waals surface area contributed by atoms with Crippen molar-refractivity contribution < 1.29 is 4.39 Å². The summed E-state index contributed by atoms with van der Waals surface area (Å²) in [6.07, 6.45) is 4.45. The zero-order valence-corrected chi connectivity index (χ0v) is 10.7. The van der Waals surface area contributed by atoms with Gasteiger partial charge in [-0.2, -0.15) is 16.7 Å². The van der Waals surface area contributed by atoms with Crippen molar-refractivity contribution in [3.8, 4) is 0 Å². The maximum atomic E-state index is 13.0. The highest BCUT2D eigenvalue weighted by molar-refractivity contribution is 7.98. The summed E-state index contributed by atoms with van der Waals surface area (Å²) in [7, 11) is 0. The number of fused-ring (bicyclic) bond motifs is 1. The molecule has 2 aromatic heterocycles. The molecule has 2 aromatic rings. The summed E-state index contributed by atoms with van der Waals surface area (Å²) in [6.45, 7) is 2.09. The van der Waals surface area contributed by atoms with Crippen LogP contribution in [0.1, 0.15) is 13.3 Å². The van der Waals surface area contributed by atoms with E-state index in [1.165, 1.54) is 16.8 Å². The minimum Gasteiger partial charge on any atom is -0.350 e. The molecular weight excluding hydrogens is 239 g/mol. The monoisotopic (exact) mass is 254 g/mol. The number of thioether (sulfide) groups is 1. The largest absolute Gasteiger partial charge is 0.350 e. The van der Waals surface area contributed by atoms with E-state index in [1.807, 2.05) is 11.8 Å². The second-order valence-electron chi connectivity index (χ2n) is 3.91. The lowest BCUT2D eigenvalue weighted by molar-refractivity contribution is 0.614. The fourth-order valence-electron chi connectivity index (χ4n) is 1.51. The molecule has 4 nitrogen and oxygen atoms in total. The van der Waals surface area contributed by atoms with Crippen LogP contribution in [0.3, 0.4) is 0 Å². The molecule has 2 rings (SSSR count). The van der Waals surface area contributed by atoms with Gasteiger partial charge in [0.1, 0.15) is 5.82 Å². The quantitative estimate of drug-likeness (QED) is 0.889. The topological polar surface area (TPSA) is 42.2 Å². The van der Waals surface area contributed by atoms with Gasteiger partial charge < -0.3 is 5.32 Å². The first-order chi connectivity index (χ1) is 8.19. The number of nitrogens with zero attached hydrogens (tertiary/aromatic N) is 3. The second kappa shape index (κ2) is 5.35. The number of hydrogen-bond donors (Lipinski definition) is 1. The van der Waals surface area contributed by atoms with Crippen LogP contribution in [0.2, 0.25) is 0 Å². The molecule has 1 N–H and O–H groups in total. The number of pyridine rings is 1. The number of rotatable bonds is 5. The van der Waals surface area contributed by atoms with Crippen LogP contribution in [0.25, 0.3) is 5.65 Å². The van der Waals surface area contributed by atoms with Gasteiger partial charge in [0.2, 0.25) is 5.95 Å². The van der Waals surface area contributed by atoms with Crippen LogP contribution in [-0.2, 0) is 0 Å². The van der Waals surface area contributed by atoms with Crippen molar-refractivity contribution in [2.75, 3.05) is 17.3 Å². The molecule has 1 atom stereocenters. The van der Waals surface area contributed by atoms with Gasteiger partial charge in [-0.05, 0) is 37.5 Å². The minimum atomic E-state index is -0.315. The highest BCUT2D eigenvalue weighted by Gasteiger charge is 2.07. The zero-order valence-electron chi connectivity index (χ0n) is 9.85. The second-order valence-corrected chi connectivity index (χ2v) is 4.90. The summed E-state index contributed by atoms with van der Waals surface area (Å²) in [5, 5.41) is 7.38. The number of anilines is 1. The lowest BCUT2D eigenvalue weighted by Crippen LogP contribution is -2.16. The average molecular weight is 254 g/mol. The van der Waals surface area contributed by atoms with Crippen molar-refractivity contribution in [2.24, 2.45) is 0 Å². The van der Waals surface area contributed by atoms with Gasteiger partial charge in [-0.3, -0.25) is 0 Å². The van der Waals surface area contributed by atoms with Gasteiger partial charge in [-0.15, -0.1) is 5.10 Å². The van der Waals surface area contributed by atoms with Gasteiger partial charge in [0.05, 0.1) is 6.20 Å². The number of halogens is 1. The lowest BCUT2D eigenvalue weighted by Gasteiger charge is -2.10. The van der Waals surface area contributed by atoms with Crippen molar-refractivity contribution in [3.63, 3.8) is 0 Å². The van der Waals surface area contributed by atoms with Gasteiger partial charge in [-0.25, -0.2) is 8.91 Å². The van der Waals surface area contributed by atoms with Crippen LogP contribution in [0, 0.1) is 5.82 Å². The van der Waals surface area contributed by atoms with Gasteiger partial charge in [-0.1, -0.05) is 0 Å². The summed E-state index contributed by atoms with van der Waals surface area (Å²) in [6, 6.07) is 3.30. The number of nitrogens with one attached hydrogen (secondary N) is 1. The van der Waals surface area contributed by atoms with Crippen molar-refractivity contribution in [2.45, 2.75) is 19.4 Å². The molecule has 0 bridgehead atoms. The maximum Gasteiger partial charge on any atom is 0.243 e. The molecule has 0 aliphatic heterocycles. The molecule has 0 saturated heterocycles. The van der Waals surface area contributed by atoms with Crippen LogP contribution in [0.4, 0.5) is 10.3 Å². The molecule has 0 saturated carbocycles. The molecule has 2 heterocycles. The lowest BCUT2D eigenvalue weighted by atomic mass is 10.3. The van der Waals surface area contributed by atoms with Gasteiger partial charge in [0, 0.05) is 6.04 Å². The summed E-state index contributed by atoms with van der Waals surface area (Å²) >= 11 is 1.81. The molecule has 0 radical (unpaired) electrons. The van der Waals surface area contributed by atoms with E-state index in [0.29, 0.717) is 17.6 Å². The molecule has 0 fully saturated rings.